The summed E-state index contributed by atoms with van der Waals surface area (Å²) in [7, 11) is 1.99. The van der Waals surface area contributed by atoms with E-state index in [9.17, 15) is 4.39 Å². The molecule has 1 aromatic heterocycles. The summed E-state index contributed by atoms with van der Waals surface area (Å²) in [5.41, 5.74) is 3.09. The average Bonchev–Trinajstić information content (AvgIpc) is 2.71. The third kappa shape index (κ3) is 1.70. The van der Waals surface area contributed by atoms with E-state index in [1.165, 1.54) is 6.07 Å². The monoisotopic (exact) mass is 259 g/mol. The fourth-order valence-corrected chi connectivity index (χ4v) is 2.40. The summed E-state index contributed by atoms with van der Waals surface area (Å²) in [5.74, 6) is -0.390. The third-order valence-corrected chi connectivity index (χ3v) is 3.46. The molecule has 0 bridgehead atoms. The average molecular weight is 260 g/mol. The van der Waals surface area contributed by atoms with Crippen LogP contribution in [-0.4, -0.2) is 4.57 Å². The summed E-state index contributed by atoms with van der Waals surface area (Å²) in [6.07, 6.45) is 0. The van der Waals surface area contributed by atoms with Gasteiger partial charge in [0.15, 0.2) is 0 Å². The number of aryl methyl sites for hydroxylation is 1. The van der Waals surface area contributed by atoms with Crippen LogP contribution < -0.4 is 0 Å². The molecule has 0 saturated heterocycles. The molecule has 1 heterocycles. The summed E-state index contributed by atoms with van der Waals surface area (Å²) >= 11 is 5.83. The maximum absolute atomic E-state index is 13.2. The highest BCUT2D eigenvalue weighted by Gasteiger charge is 2.09. The first kappa shape index (κ1) is 11.3. The van der Waals surface area contributed by atoms with Crippen LogP contribution in [0.4, 0.5) is 4.39 Å². The summed E-state index contributed by atoms with van der Waals surface area (Å²) in [6, 6.07) is 15.0. The molecule has 18 heavy (non-hydrogen) atoms. The number of benzene rings is 2. The van der Waals surface area contributed by atoms with Crippen LogP contribution in [0.15, 0.2) is 48.5 Å². The number of halogens is 2. The zero-order valence-electron chi connectivity index (χ0n) is 9.82. The highest BCUT2D eigenvalue weighted by atomic mass is 35.5. The highest BCUT2D eigenvalue weighted by molar-refractivity contribution is 6.31. The van der Waals surface area contributed by atoms with Crippen molar-refractivity contribution in [1.29, 1.82) is 0 Å². The van der Waals surface area contributed by atoms with Crippen LogP contribution >= 0.6 is 11.6 Å². The predicted molar refractivity (Wildman–Crippen MR) is 73.3 cm³/mol. The second kappa shape index (κ2) is 4.14. The van der Waals surface area contributed by atoms with Crippen LogP contribution in [0, 0.1) is 5.82 Å². The fourth-order valence-electron chi connectivity index (χ4n) is 2.22. The largest absolute Gasteiger partial charge is 0.344 e. The van der Waals surface area contributed by atoms with Gasteiger partial charge in [-0.25, -0.2) is 4.39 Å². The molecule has 0 spiro atoms. The topological polar surface area (TPSA) is 4.93 Å². The number of para-hydroxylation sites is 1. The molecule has 0 saturated carbocycles. The molecule has 90 valence electrons. The van der Waals surface area contributed by atoms with Crippen LogP contribution in [0.25, 0.3) is 22.2 Å². The van der Waals surface area contributed by atoms with E-state index >= 15 is 0 Å². The minimum atomic E-state index is -0.390. The summed E-state index contributed by atoms with van der Waals surface area (Å²) in [6.45, 7) is 0. The molecule has 1 nitrogen and oxygen atoms in total. The molecule has 3 heteroatoms. The number of fused-ring (bicyclic) bond motifs is 1. The Labute approximate surface area is 109 Å². The van der Waals surface area contributed by atoms with Crippen molar-refractivity contribution in [3.63, 3.8) is 0 Å². The SMILES string of the molecule is Cn1c(-c2ccc(F)c(Cl)c2)cc2ccccc21. The molecule has 0 aliphatic heterocycles. The first-order chi connectivity index (χ1) is 8.66. The van der Waals surface area contributed by atoms with Gasteiger partial charge in [0, 0.05) is 23.6 Å². The van der Waals surface area contributed by atoms with E-state index in [4.69, 9.17) is 11.6 Å². The molecule has 0 amide bonds. The lowest BCUT2D eigenvalue weighted by atomic mass is 10.1. The third-order valence-electron chi connectivity index (χ3n) is 3.17. The number of rotatable bonds is 1. The lowest BCUT2D eigenvalue weighted by Crippen LogP contribution is -1.91. The molecule has 3 aromatic rings. The van der Waals surface area contributed by atoms with Crippen LogP contribution in [0.1, 0.15) is 0 Å². The van der Waals surface area contributed by atoms with E-state index in [1.807, 2.05) is 19.2 Å². The van der Waals surface area contributed by atoms with Crippen LogP contribution in [0.3, 0.4) is 0 Å². The summed E-state index contributed by atoms with van der Waals surface area (Å²) < 4.78 is 15.3. The molecule has 0 aliphatic rings. The first-order valence-corrected chi connectivity index (χ1v) is 6.04. The Morgan fingerprint density at radius 2 is 1.83 bits per heavy atom. The zero-order chi connectivity index (χ0) is 12.7. The van der Waals surface area contributed by atoms with Gasteiger partial charge in [-0.2, -0.15) is 0 Å². The minimum Gasteiger partial charge on any atom is -0.344 e. The molecule has 3 rings (SSSR count). The summed E-state index contributed by atoms with van der Waals surface area (Å²) in [4.78, 5) is 0. The minimum absolute atomic E-state index is 0.151. The second-order valence-electron chi connectivity index (χ2n) is 4.28. The van der Waals surface area contributed by atoms with Gasteiger partial charge in [0.2, 0.25) is 0 Å². The van der Waals surface area contributed by atoms with Gasteiger partial charge in [0.25, 0.3) is 0 Å². The van der Waals surface area contributed by atoms with Crippen molar-refractivity contribution < 1.29 is 4.39 Å². The number of hydrogen-bond donors (Lipinski definition) is 0. The van der Waals surface area contributed by atoms with Gasteiger partial charge < -0.3 is 4.57 Å². The molecule has 2 aromatic carbocycles. The second-order valence-corrected chi connectivity index (χ2v) is 4.68. The van der Waals surface area contributed by atoms with Crippen LogP contribution in [0.2, 0.25) is 5.02 Å². The van der Waals surface area contributed by atoms with E-state index in [0.29, 0.717) is 0 Å². The first-order valence-electron chi connectivity index (χ1n) is 5.67. The normalized spacial score (nSPS) is 11.1. The van der Waals surface area contributed by atoms with Crippen molar-refractivity contribution in [3.8, 4) is 11.3 Å². The van der Waals surface area contributed by atoms with E-state index in [-0.39, 0.29) is 10.8 Å². The lowest BCUT2D eigenvalue weighted by molar-refractivity contribution is 0.628. The Morgan fingerprint density at radius 3 is 2.56 bits per heavy atom. The Hall–Kier alpha value is -1.80. The standard InChI is InChI=1S/C15H11ClFN/c1-18-14-5-3-2-4-10(14)9-15(18)11-6-7-13(17)12(16)8-11/h2-9H,1H3. The van der Waals surface area contributed by atoms with Gasteiger partial charge in [-0.05, 0) is 35.9 Å². The Balaban J connectivity index is 2.25. The van der Waals surface area contributed by atoms with Crippen molar-refractivity contribution in [2.75, 3.05) is 0 Å². The Kier molecular flexibility index (Phi) is 2.60. The van der Waals surface area contributed by atoms with E-state index in [1.54, 1.807) is 12.1 Å². The molecular weight excluding hydrogens is 249 g/mol. The fraction of sp³-hybridized carbons (Fsp3) is 0.0667. The van der Waals surface area contributed by atoms with Crippen molar-refractivity contribution in [3.05, 3.63) is 59.4 Å². The van der Waals surface area contributed by atoms with Gasteiger partial charge in [-0.15, -0.1) is 0 Å². The highest BCUT2D eigenvalue weighted by Crippen LogP contribution is 2.29. The van der Waals surface area contributed by atoms with Crippen molar-refractivity contribution in [2.24, 2.45) is 7.05 Å². The van der Waals surface area contributed by atoms with Gasteiger partial charge in [-0.1, -0.05) is 29.8 Å². The maximum atomic E-state index is 13.2. The Morgan fingerprint density at radius 1 is 1.06 bits per heavy atom. The Bertz CT molecular complexity index is 730. The lowest BCUT2D eigenvalue weighted by Gasteiger charge is -2.05. The number of hydrogen-bond acceptors (Lipinski definition) is 0. The quantitative estimate of drug-likeness (QED) is 0.600. The molecule has 0 fully saturated rings. The van der Waals surface area contributed by atoms with Crippen LogP contribution in [-0.2, 0) is 7.05 Å². The zero-order valence-corrected chi connectivity index (χ0v) is 10.6. The van der Waals surface area contributed by atoms with Crippen molar-refractivity contribution in [2.45, 2.75) is 0 Å². The van der Waals surface area contributed by atoms with Gasteiger partial charge in [0.05, 0.1) is 5.02 Å². The molecule has 0 N–H and O–H groups in total. The van der Waals surface area contributed by atoms with Gasteiger partial charge in [0.1, 0.15) is 5.82 Å². The number of aromatic nitrogens is 1. The van der Waals surface area contributed by atoms with E-state index < -0.39 is 0 Å². The molecule has 0 radical (unpaired) electrons. The van der Waals surface area contributed by atoms with E-state index in [0.717, 1.165) is 22.2 Å². The molecule has 0 atom stereocenters. The van der Waals surface area contributed by atoms with Gasteiger partial charge in [-0.3, -0.25) is 0 Å². The van der Waals surface area contributed by atoms with Crippen molar-refractivity contribution >= 4 is 22.5 Å². The van der Waals surface area contributed by atoms with Crippen molar-refractivity contribution in [1.82, 2.24) is 4.57 Å². The number of nitrogens with zero attached hydrogens (tertiary/aromatic N) is 1. The predicted octanol–water partition coefficient (Wildman–Crippen LogP) is 4.64. The van der Waals surface area contributed by atoms with Crippen LogP contribution in [0.5, 0.6) is 0 Å². The smallest absolute Gasteiger partial charge is 0.141 e. The van der Waals surface area contributed by atoms with Gasteiger partial charge >= 0.3 is 0 Å². The molecule has 0 aliphatic carbocycles. The van der Waals surface area contributed by atoms with E-state index in [2.05, 4.69) is 22.8 Å². The molecular formula is C15H11ClFN. The molecule has 0 unspecified atom stereocenters. The summed E-state index contributed by atoms with van der Waals surface area (Å²) in [5, 5.41) is 1.31. The maximum Gasteiger partial charge on any atom is 0.141 e.